The van der Waals surface area contributed by atoms with Gasteiger partial charge in [-0.3, -0.25) is 9.59 Å². The van der Waals surface area contributed by atoms with E-state index in [0.29, 0.717) is 17.6 Å². The van der Waals surface area contributed by atoms with Crippen molar-refractivity contribution in [3.05, 3.63) is 58.6 Å². The number of aromatic nitrogens is 1. The fourth-order valence-electron chi connectivity index (χ4n) is 4.41. The minimum Gasteiger partial charge on any atom is -0.465 e. The highest BCUT2D eigenvalue weighted by molar-refractivity contribution is 7.89. The molecular formula is C26H30FN3O5S2. The number of nitrogens with zero attached hydrogens (tertiary/aromatic N) is 3. The van der Waals surface area contributed by atoms with E-state index in [-0.39, 0.29) is 24.6 Å². The average molecular weight is 548 g/mol. The highest BCUT2D eigenvalue weighted by Crippen LogP contribution is 2.27. The summed E-state index contributed by atoms with van der Waals surface area (Å²) in [6.07, 6.45) is 3.87. The Hall–Kier alpha value is -2.89. The zero-order chi connectivity index (χ0) is 26.6. The fraction of sp³-hybridized carbons (Fsp3) is 0.423. The van der Waals surface area contributed by atoms with Gasteiger partial charge in [-0.1, -0.05) is 30.7 Å². The van der Waals surface area contributed by atoms with E-state index in [1.165, 1.54) is 23.5 Å². The zero-order valence-electron chi connectivity index (χ0n) is 20.9. The van der Waals surface area contributed by atoms with E-state index >= 15 is 0 Å². The molecule has 11 heteroatoms. The number of rotatable bonds is 9. The Labute approximate surface area is 219 Å². The molecule has 8 nitrogen and oxygen atoms in total. The Kier molecular flexibility index (Phi) is 8.56. The molecule has 0 aliphatic carbocycles. The Morgan fingerprint density at radius 2 is 1.92 bits per heavy atom. The number of esters is 1. The summed E-state index contributed by atoms with van der Waals surface area (Å²) in [5.41, 5.74) is 1.91. The fourth-order valence-corrected chi connectivity index (χ4v) is 7.16. The van der Waals surface area contributed by atoms with Crippen LogP contribution in [0.1, 0.15) is 45.1 Å². The summed E-state index contributed by atoms with van der Waals surface area (Å²) in [7, 11) is -4.01. The van der Waals surface area contributed by atoms with Gasteiger partial charge in [-0.2, -0.15) is 9.30 Å². The van der Waals surface area contributed by atoms with Crippen LogP contribution in [0.2, 0.25) is 0 Å². The Morgan fingerprint density at radius 3 is 2.62 bits per heavy atom. The van der Waals surface area contributed by atoms with Crippen molar-refractivity contribution in [1.29, 1.82) is 0 Å². The molecule has 198 valence electrons. The van der Waals surface area contributed by atoms with Crippen LogP contribution in [-0.4, -0.2) is 48.4 Å². The number of ether oxygens (including phenoxy) is 1. The van der Waals surface area contributed by atoms with Gasteiger partial charge in [-0.05, 0) is 74.6 Å². The molecule has 0 radical (unpaired) electrons. The molecule has 1 fully saturated rings. The Balaban J connectivity index is 1.71. The number of unbranched alkanes of at least 4 members (excludes halogenated alkanes) is 1. The van der Waals surface area contributed by atoms with Crippen LogP contribution in [-0.2, 0) is 37.3 Å². The van der Waals surface area contributed by atoms with Gasteiger partial charge in [-0.25, -0.2) is 12.8 Å². The number of thiazole rings is 1. The summed E-state index contributed by atoms with van der Waals surface area (Å²) in [5, 5.41) is 0. The highest BCUT2D eigenvalue weighted by Gasteiger charge is 2.39. The SMILES string of the molecule is CCCCc1ccc2c(c1)sc(=NC(=O)C1CCCN1S(=O)(=O)c1ccc(F)cc1)n2CC(=O)OCC. The van der Waals surface area contributed by atoms with E-state index in [9.17, 15) is 22.4 Å². The minimum absolute atomic E-state index is 0.0764. The number of hydrogen-bond acceptors (Lipinski definition) is 6. The van der Waals surface area contributed by atoms with E-state index in [0.717, 1.165) is 51.5 Å². The van der Waals surface area contributed by atoms with E-state index < -0.39 is 33.8 Å². The lowest BCUT2D eigenvalue weighted by Crippen LogP contribution is -2.40. The van der Waals surface area contributed by atoms with Gasteiger partial charge >= 0.3 is 5.97 Å². The lowest BCUT2D eigenvalue weighted by atomic mass is 10.1. The Morgan fingerprint density at radius 1 is 1.16 bits per heavy atom. The smallest absolute Gasteiger partial charge is 0.326 e. The molecule has 37 heavy (non-hydrogen) atoms. The third-order valence-electron chi connectivity index (χ3n) is 6.27. The number of aryl methyl sites for hydroxylation is 1. The molecule has 1 aromatic heterocycles. The number of carbonyl (C=O) groups is 2. The van der Waals surface area contributed by atoms with Crippen LogP contribution in [0.3, 0.4) is 0 Å². The standard InChI is InChI=1S/C26H30FN3O5S2/c1-3-5-7-18-9-14-21-23(16-18)36-26(29(21)17-24(31)35-4-2)28-25(32)22-8-6-15-30(22)37(33,34)20-12-10-19(27)11-13-20/h9-14,16,22H,3-8,15,17H2,1-2H3. The predicted octanol–water partition coefficient (Wildman–Crippen LogP) is 4.03. The number of carbonyl (C=O) groups excluding carboxylic acids is 2. The Bertz CT molecular complexity index is 1460. The lowest BCUT2D eigenvalue weighted by molar-refractivity contribution is -0.143. The van der Waals surface area contributed by atoms with Crippen molar-refractivity contribution in [2.75, 3.05) is 13.2 Å². The number of hydrogen-bond donors (Lipinski definition) is 0. The molecule has 3 aromatic rings. The molecule has 1 saturated heterocycles. The second kappa shape index (κ2) is 11.7. The van der Waals surface area contributed by atoms with Crippen LogP contribution < -0.4 is 4.80 Å². The lowest BCUT2D eigenvalue weighted by Gasteiger charge is -2.21. The van der Waals surface area contributed by atoms with Crippen molar-refractivity contribution in [2.24, 2.45) is 4.99 Å². The van der Waals surface area contributed by atoms with Crippen LogP contribution >= 0.6 is 11.3 Å². The van der Waals surface area contributed by atoms with Crippen molar-refractivity contribution in [2.45, 2.75) is 63.4 Å². The molecule has 0 N–H and O–H groups in total. The van der Waals surface area contributed by atoms with Gasteiger partial charge in [0.15, 0.2) is 4.80 Å². The minimum atomic E-state index is -4.01. The first kappa shape index (κ1) is 27.2. The van der Waals surface area contributed by atoms with E-state index in [1.54, 1.807) is 11.5 Å². The maximum atomic E-state index is 13.4. The van der Waals surface area contributed by atoms with Crippen molar-refractivity contribution in [1.82, 2.24) is 8.87 Å². The topological polar surface area (TPSA) is 98.0 Å². The molecule has 1 aliphatic heterocycles. The second-order valence-corrected chi connectivity index (χ2v) is 11.8. The van der Waals surface area contributed by atoms with Gasteiger partial charge in [-0.15, -0.1) is 0 Å². The molecule has 2 aromatic carbocycles. The molecule has 0 saturated carbocycles. The average Bonchev–Trinajstić information content (AvgIpc) is 3.49. The summed E-state index contributed by atoms with van der Waals surface area (Å²) in [6.45, 7) is 4.13. The van der Waals surface area contributed by atoms with Crippen molar-refractivity contribution in [3.8, 4) is 0 Å². The molecule has 4 rings (SSSR count). The first-order valence-electron chi connectivity index (χ1n) is 12.4. The highest BCUT2D eigenvalue weighted by atomic mass is 32.2. The molecule has 0 spiro atoms. The second-order valence-electron chi connectivity index (χ2n) is 8.86. The van der Waals surface area contributed by atoms with Crippen LogP contribution in [0, 0.1) is 5.82 Å². The number of amides is 1. The number of halogens is 1. The van der Waals surface area contributed by atoms with Crippen LogP contribution in [0.4, 0.5) is 4.39 Å². The molecule has 1 unspecified atom stereocenters. The predicted molar refractivity (Wildman–Crippen MR) is 139 cm³/mol. The van der Waals surface area contributed by atoms with Crippen LogP contribution in [0.25, 0.3) is 10.2 Å². The van der Waals surface area contributed by atoms with E-state index in [2.05, 4.69) is 11.9 Å². The molecular weight excluding hydrogens is 517 g/mol. The maximum Gasteiger partial charge on any atom is 0.326 e. The van der Waals surface area contributed by atoms with Gasteiger partial charge in [0.25, 0.3) is 5.91 Å². The van der Waals surface area contributed by atoms with Gasteiger partial charge in [0.05, 0.1) is 21.7 Å². The molecule has 1 amide bonds. The third kappa shape index (κ3) is 6.00. The number of benzene rings is 2. The normalized spacial score (nSPS) is 16.9. The van der Waals surface area contributed by atoms with Crippen LogP contribution in [0.15, 0.2) is 52.4 Å². The first-order valence-corrected chi connectivity index (χ1v) is 14.6. The van der Waals surface area contributed by atoms with Gasteiger partial charge in [0, 0.05) is 6.54 Å². The summed E-state index contributed by atoms with van der Waals surface area (Å²) in [4.78, 5) is 30.3. The van der Waals surface area contributed by atoms with Crippen molar-refractivity contribution < 1.29 is 27.1 Å². The summed E-state index contributed by atoms with van der Waals surface area (Å²) in [5.74, 6) is -1.59. The molecule has 0 bridgehead atoms. The van der Waals surface area contributed by atoms with E-state index in [1.807, 2.05) is 18.2 Å². The van der Waals surface area contributed by atoms with Crippen molar-refractivity contribution in [3.63, 3.8) is 0 Å². The van der Waals surface area contributed by atoms with Gasteiger partial charge in [0.2, 0.25) is 10.0 Å². The number of fused-ring (bicyclic) bond motifs is 1. The molecule has 1 aliphatic rings. The molecule has 2 heterocycles. The van der Waals surface area contributed by atoms with Crippen LogP contribution in [0.5, 0.6) is 0 Å². The summed E-state index contributed by atoms with van der Waals surface area (Å²) < 4.78 is 48.5. The third-order valence-corrected chi connectivity index (χ3v) is 9.24. The first-order chi connectivity index (χ1) is 17.7. The van der Waals surface area contributed by atoms with E-state index in [4.69, 9.17) is 4.74 Å². The number of sulfonamides is 1. The zero-order valence-corrected chi connectivity index (χ0v) is 22.5. The summed E-state index contributed by atoms with van der Waals surface area (Å²) in [6, 6.07) is 9.53. The quantitative estimate of drug-likeness (QED) is 0.377. The van der Waals surface area contributed by atoms with Gasteiger partial charge in [0.1, 0.15) is 18.4 Å². The molecule has 1 atom stereocenters. The van der Waals surface area contributed by atoms with Crippen molar-refractivity contribution >= 4 is 43.5 Å². The largest absolute Gasteiger partial charge is 0.465 e. The summed E-state index contributed by atoms with van der Waals surface area (Å²) >= 11 is 1.28. The van der Waals surface area contributed by atoms with Gasteiger partial charge < -0.3 is 9.30 Å². The monoisotopic (exact) mass is 547 g/mol. The maximum absolute atomic E-state index is 13.4.